The summed E-state index contributed by atoms with van der Waals surface area (Å²) in [6.45, 7) is 1.03. The number of halogens is 3. The number of hydrogen-bond acceptors (Lipinski definition) is 4. The van der Waals surface area contributed by atoms with Crippen LogP contribution in [-0.4, -0.2) is 33.0 Å². The van der Waals surface area contributed by atoms with Crippen LogP contribution in [0.15, 0.2) is 71.9 Å². The van der Waals surface area contributed by atoms with E-state index in [0.29, 0.717) is 24.0 Å². The minimum absolute atomic E-state index is 0.192. The van der Waals surface area contributed by atoms with Gasteiger partial charge >= 0.3 is 6.18 Å². The molecule has 0 bridgehead atoms. The average molecular weight is 435 g/mol. The molecule has 0 aliphatic carbocycles. The minimum Gasteiger partial charge on any atom is -0.312 e. The molecule has 9 heteroatoms. The topological polar surface area (TPSA) is 71.1 Å². The van der Waals surface area contributed by atoms with Crippen LogP contribution in [0.4, 0.5) is 13.2 Å². The fourth-order valence-corrected chi connectivity index (χ4v) is 4.10. The minimum atomic E-state index is -4.35. The number of aromatic nitrogens is 1. The van der Waals surface area contributed by atoms with Gasteiger partial charge in [0.1, 0.15) is 0 Å². The molecule has 5 nitrogen and oxygen atoms in total. The van der Waals surface area contributed by atoms with Crippen LogP contribution in [-0.2, 0) is 16.2 Å². The van der Waals surface area contributed by atoms with Gasteiger partial charge in [-0.3, -0.25) is 4.98 Å². The van der Waals surface area contributed by atoms with Crippen LogP contribution in [0.5, 0.6) is 0 Å². The lowest BCUT2D eigenvalue weighted by atomic mass is 10.1. The zero-order valence-electron chi connectivity index (χ0n) is 15.9. The van der Waals surface area contributed by atoms with Gasteiger partial charge in [0.2, 0.25) is 10.0 Å². The van der Waals surface area contributed by atoms with Crippen LogP contribution in [0.25, 0.3) is 16.8 Å². The highest BCUT2D eigenvalue weighted by Crippen LogP contribution is 2.29. The van der Waals surface area contributed by atoms with Crippen molar-refractivity contribution in [2.24, 2.45) is 0 Å². The number of nitrogens with one attached hydrogen (secondary N) is 2. The SMILES string of the molecule is O=S(=O)(NCCNCC=Cc1ccc(C(F)(F)F)cc1)c1cccc2cnccc12. The lowest BCUT2D eigenvalue weighted by Gasteiger charge is -2.09. The fraction of sp³-hybridized carbons (Fsp3) is 0.190. The van der Waals surface area contributed by atoms with E-state index in [1.807, 2.05) is 0 Å². The second-order valence-corrected chi connectivity index (χ2v) is 8.21. The molecule has 0 unspecified atom stereocenters. The van der Waals surface area contributed by atoms with Crippen molar-refractivity contribution in [1.82, 2.24) is 15.0 Å². The molecule has 0 saturated carbocycles. The third-order valence-electron chi connectivity index (χ3n) is 4.33. The Kier molecular flexibility index (Phi) is 6.86. The molecule has 0 amide bonds. The predicted octanol–water partition coefficient (Wildman–Crippen LogP) is 3.83. The molecule has 0 saturated heterocycles. The third-order valence-corrected chi connectivity index (χ3v) is 5.85. The summed E-state index contributed by atoms with van der Waals surface area (Å²) in [5.74, 6) is 0. The summed E-state index contributed by atoms with van der Waals surface area (Å²) in [5.41, 5.74) is -0.0385. The standard InChI is InChI=1S/C21H20F3N3O2S/c22-21(23,24)18-8-6-16(7-9-18)3-2-11-25-13-14-27-30(28,29)20-5-1-4-17-15-26-12-10-19(17)20/h1-10,12,15,25,27H,11,13-14H2. The van der Waals surface area contributed by atoms with Crippen LogP contribution >= 0.6 is 0 Å². The quantitative estimate of drug-likeness (QED) is 0.528. The zero-order valence-corrected chi connectivity index (χ0v) is 16.7. The molecular weight excluding hydrogens is 415 g/mol. The summed E-state index contributed by atoms with van der Waals surface area (Å²) in [5, 5.41) is 4.40. The second kappa shape index (κ2) is 9.38. The molecule has 30 heavy (non-hydrogen) atoms. The predicted molar refractivity (Wildman–Crippen MR) is 110 cm³/mol. The van der Waals surface area contributed by atoms with E-state index in [9.17, 15) is 21.6 Å². The number of nitrogens with zero attached hydrogens (tertiary/aromatic N) is 1. The fourth-order valence-electron chi connectivity index (χ4n) is 2.84. The molecule has 3 aromatic rings. The van der Waals surface area contributed by atoms with E-state index in [1.54, 1.807) is 48.8 Å². The van der Waals surface area contributed by atoms with Gasteiger partial charge in [-0.1, -0.05) is 36.4 Å². The van der Waals surface area contributed by atoms with Gasteiger partial charge in [0.25, 0.3) is 0 Å². The van der Waals surface area contributed by atoms with Gasteiger partial charge in [0.15, 0.2) is 0 Å². The van der Waals surface area contributed by atoms with Crippen molar-refractivity contribution < 1.29 is 21.6 Å². The Labute approximate surface area is 172 Å². The van der Waals surface area contributed by atoms with Crippen molar-refractivity contribution in [3.8, 4) is 0 Å². The van der Waals surface area contributed by atoms with Gasteiger partial charge in [-0.2, -0.15) is 13.2 Å². The Morgan fingerprint density at radius 1 is 1.00 bits per heavy atom. The average Bonchev–Trinajstić information content (AvgIpc) is 2.72. The Morgan fingerprint density at radius 2 is 1.77 bits per heavy atom. The van der Waals surface area contributed by atoms with Gasteiger partial charge < -0.3 is 5.32 Å². The van der Waals surface area contributed by atoms with E-state index in [0.717, 1.165) is 17.5 Å². The van der Waals surface area contributed by atoms with Crippen molar-refractivity contribution in [3.63, 3.8) is 0 Å². The molecule has 158 valence electrons. The maximum absolute atomic E-state index is 12.6. The van der Waals surface area contributed by atoms with Gasteiger partial charge in [-0.05, 0) is 29.8 Å². The Morgan fingerprint density at radius 3 is 2.50 bits per heavy atom. The molecule has 0 fully saturated rings. The summed E-state index contributed by atoms with van der Waals surface area (Å²) in [4.78, 5) is 4.19. The van der Waals surface area contributed by atoms with Crippen LogP contribution in [0.1, 0.15) is 11.1 Å². The van der Waals surface area contributed by atoms with Crippen molar-refractivity contribution in [2.45, 2.75) is 11.1 Å². The van der Waals surface area contributed by atoms with Crippen LogP contribution in [0.3, 0.4) is 0 Å². The van der Waals surface area contributed by atoms with E-state index >= 15 is 0 Å². The molecule has 2 N–H and O–H groups in total. The summed E-state index contributed by atoms with van der Waals surface area (Å²) in [7, 11) is -3.67. The first-order chi connectivity index (χ1) is 14.3. The van der Waals surface area contributed by atoms with Crippen LogP contribution in [0.2, 0.25) is 0 Å². The number of pyridine rings is 1. The Balaban J connectivity index is 1.46. The van der Waals surface area contributed by atoms with E-state index in [1.165, 1.54) is 12.1 Å². The van der Waals surface area contributed by atoms with E-state index in [-0.39, 0.29) is 11.4 Å². The number of rotatable bonds is 8. The molecule has 0 aliphatic heterocycles. The number of sulfonamides is 1. The lowest BCUT2D eigenvalue weighted by molar-refractivity contribution is -0.137. The largest absolute Gasteiger partial charge is 0.416 e. The van der Waals surface area contributed by atoms with Crippen LogP contribution < -0.4 is 10.0 Å². The normalized spacial score (nSPS) is 12.6. The lowest BCUT2D eigenvalue weighted by Crippen LogP contribution is -2.32. The van der Waals surface area contributed by atoms with Crippen molar-refractivity contribution in [3.05, 3.63) is 78.1 Å². The summed E-state index contributed by atoms with van der Waals surface area (Å²) in [6, 6.07) is 11.5. The molecule has 1 heterocycles. The third kappa shape index (κ3) is 5.65. The molecule has 0 aliphatic rings. The number of alkyl halides is 3. The molecular formula is C21H20F3N3O2S. The smallest absolute Gasteiger partial charge is 0.312 e. The van der Waals surface area contributed by atoms with Gasteiger partial charge in [0, 0.05) is 42.8 Å². The first-order valence-corrected chi connectivity index (χ1v) is 10.6. The molecule has 0 spiro atoms. The molecule has 1 aromatic heterocycles. The maximum atomic E-state index is 12.6. The summed E-state index contributed by atoms with van der Waals surface area (Å²) in [6.07, 6.45) is 2.27. The van der Waals surface area contributed by atoms with Gasteiger partial charge in [-0.15, -0.1) is 0 Å². The summed E-state index contributed by atoms with van der Waals surface area (Å²) >= 11 is 0. The molecule has 0 radical (unpaired) electrons. The summed E-state index contributed by atoms with van der Waals surface area (Å²) < 4.78 is 65.3. The highest BCUT2D eigenvalue weighted by Gasteiger charge is 2.29. The highest BCUT2D eigenvalue weighted by atomic mass is 32.2. The van der Waals surface area contributed by atoms with Gasteiger partial charge in [0.05, 0.1) is 10.5 Å². The maximum Gasteiger partial charge on any atom is 0.416 e. The van der Waals surface area contributed by atoms with Crippen LogP contribution in [0, 0.1) is 0 Å². The number of fused-ring (bicyclic) bond motifs is 1. The number of benzene rings is 2. The van der Waals surface area contributed by atoms with Crippen molar-refractivity contribution >= 4 is 26.9 Å². The highest BCUT2D eigenvalue weighted by molar-refractivity contribution is 7.89. The molecule has 3 rings (SSSR count). The zero-order chi connectivity index (χ0) is 21.6. The van der Waals surface area contributed by atoms with Gasteiger partial charge in [-0.25, -0.2) is 13.1 Å². The van der Waals surface area contributed by atoms with Crippen molar-refractivity contribution in [1.29, 1.82) is 0 Å². The number of hydrogen-bond donors (Lipinski definition) is 2. The first-order valence-electron chi connectivity index (χ1n) is 9.14. The first kappa shape index (κ1) is 21.9. The van der Waals surface area contributed by atoms with E-state index in [2.05, 4.69) is 15.0 Å². The Hall–Kier alpha value is -2.75. The monoisotopic (exact) mass is 435 g/mol. The second-order valence-electron chi connectivity index (χ2n) is 6.48. The molecule has 0 atom stereocenters. The van der Waals surface area contributed by atoms with Crippen molar-refractivity contribution in [2.75, 3.05) is 19.6 Å². The van der Waals surface area contributed by atoms with E-state index in [4.69, 9.17) is 0 Å². The Bertz CT molecular complexity index is 1120. The molecule has 2 aromatic carbocycles. The van der Waals surface area contributed by atoms with E-state index < -0.39 is 21.8 Å².